The van der Waals surface area contributed by atoms with E-state index in [-0.39, 0.29) is 0 Å². The second kappa shape index (κ2) is 2.41. The maximum atomic E-state index is 10.4. The first kappa shape index (κ1) is 6.97. The molecule has 0 aliphatic heterocycles. The van der Waals surface area contributed by atoms with Crippen molar-refractivity contribution in [2.45, 2.75) is 0 Å². The summed E-state index contributed by atoms with van der Waals surface area (Å²) in [5, 5.41) is 0. The number of hydrogen-bond donors (Lipinski definition) is 0. The lowest BCUT2D eigenvalue weighted by atomic mass is 10.3. The summed E-state index contributed by atoms with van der Waals surface area (Å²) in [6, 6.07) is 1.72. The first-order valence-electron chi connectivity index (χ1n) is 3.53. The van der Waals surface area contributed by atoms with Crippen LogP contribution >= 0.6 is 0 Å². The molecule has 0 saturated heterocycles. The summed E-state index contributed by atoms with van der Waals surface area (Å²) in [6.45, 7) is 0. The lowest BCUT2D eigenvalue weighted by Crippen LogP contribution is -1.88. The van der Waals surface area contributed by atoms with Crippen molar-refractivity contribution in [3.05, 3.63) is 24.2 Å². The predicted molar refractivity (Wildman–Crippen MR) is 43.9 cm³/mol. The number of carbonyl (C=O) groups is 1. The Morgan fingerprint density at radius 2 is 2.33 bits per heavy atom. The molecule has 0 amide bonds. The predicted octanol–water partition coefficient (Wildman–Crippen LogP) is 0.781. The highest BCUT2D eigenvalue weighted by molar-refractivity contribution is 5.81. The number of aromatic nitrogens is 3. The molecule has 0 radical (unpaired) electrons. The van der Waals surface area contributed by atoms with Gasteiger partial charge in [0.05, 0.1) is 6.33 Å². The molecule has 2 rings (SSSR count). The average molecular weight is 161 g/mol. The van der Waals surface area contributed by atoms with Gasteiger partial charge in [0, 0.05) is 18.8 Å². The lowest BCUT2D eigenvalue weighted by molar-refractivity contribution is 0.112. The van der Waals surface area contributed by atoms with Crippen LogP contribution in [-0.4, -0.2) is 20.8 Å². The molecule has 4 heteroatoms. The zero-order valence-corrected chi connectivity index (χ0v) is 6.56. The molecule has 0 fully saturated rings. The highest BCUT2D eigenvalue weighted by atomic mass is 16.1. The third kappa shape index (κ3) is 0.887. The molecule has 0 aliphatic carbocycles. The number of nitrogens with zero attached hydrogens (tertiary/aromatic N) is 3. The minimum absolute atomic E-state index is 0.557. The van der Waals surface area contributed by atoms with Crippen molar-refractivity contribution in [1.82, 2.24) is 14.5 Å². The van der Waals surface area contributed by atoms with Crippen molar-refractivity contribution in [2.24, 2.45) is 7.05 Å². The summed E-state index contributed by atoms with van der Waals surface area (Å²) >= 11 is 0. The fraction of sp³-hybridized carbons (Fsp3) is 0.125. The topological polar surface area (TPSA) is 47.8 Å². The molecule has 4 nitrogen and oxygen atoms in total. The second-order valence-corrected chi connectivity index (χ2v) is 2.58. The molecule has 2 aromatic rings. The van der Waals surface area contributed by atoms with Crippen molar-refractivity contribution in [2.75, 3.05) is 0 Å². The van der Waals surface area contributed by atoms with E-state index in [4.69, 9.17) is 0 Å². The van der Waals surface area contributed by atoms with Gasteiger partial charge >= 0.3 is 0 Å². The molecular formula is C8H7N3O. The fourth-order valence-electron chi connectivity index (χ4n) is 1.10. The van der Waals surface area contributed by atoms with Gasteiger partial charge < -0.3 is 4.57 Å². The van der Waals surface area contributed by atoms with Gasteiger partial charge in [-0.1, -0.05) is 0 Å². The molecular weight excluding hydrogens is 154 g/mol. The van der Waals surface area contributed by atoms with Crippen molar-refractivity contribution < 1.29 is 4.79 Å². The van der Waals surface area contributed by atoms with E-state index < -0.39 is 0 Å². The summed E-state index contributed by atoms with van der Waals surface area (Å²) in [6.07, 6.45) is 3.98. The van der Waals surface area contributed by atoms with Gasteiger partial charge in [0.15, 0.2) is 11.9 Å². The van der Waals surface area contributed by atoms with E-state index in [1.165, 1.54) is 6.20 Å². The van der Waals surface area contributed by atoms with Crippen LogP contribution in [0.25, 0.3) is 11.2 Å². The van der Waals surface area contributed by atoms with Gasteiger partial charge in [-0.25, -0.2) is 9.97 Å². The first-order valence-corrected chi connectivity index (χ1v) is 3.53. The molecule has 0 aromatic carbocycles. The van der Waals surface area contributed by atoms with Crippen LogP contribution in [0.5, 0.6) is 0 Å². The number of rotatable bonds is 1. The van der Waals surface area contributed by atoms with Gasteiger partial charge in [-0.15, -0.1) is 0 Å². The Labute approximate surface area is 68.9 Å². The van der Waals surface area contributed by atoms with Gasteiger partial charge in [-0.05, 0) is 6.07 Å². The second-order valence-electron chi connectivity index (χ2n) is 2.58. The van der Waals surface area contributed by atoms with Gasteiger partial charge in [0.1, 0.15) is 5.52 Å². The fourth-order valence-corrected chi connectivity index (χ4v) is 1.10. The van der Waals surface area contributed by atoms with E-state index in [9.17, 15) is 4.79 Å². The summed E-state index contributed by atoms with van der Waals surface area (Å²) < 4.78 is 1.81. The molecule has 12 heavy (non-hydrogen) atoms. The third-order valence-electron chi connectivity index (χ3n) is 1.71. The van der Waals surface area contributed by atoms with Crippen LogP contribution < -0.4 is 0 Å². The summed E-state index contributed by atoms with van der Waals surface area (Å²) in [7, 11) is 1.86. The normalized spacial score (nSPS) is 10.4. The van der Waals surface area contributed by atoms with E-state index in [1.807, 2.05) is 11.6 Å². The molecule has 0 saturated carbocycles. The van der Waals surface area contributed by atoms with Crippen molar-refractivity contribution in [3.63, 3.8) is 0 Å². The third-order valence-corrected chi connectivity index (χ3v) is 1.71. The Morgan fingerprint density at radius 1 is 1.50 bits per heavy atom. The molecule has 0 spiro atoms. The quantitative estimate of drug-likeness (QED) is 0.580. The van der Waals surface area contributed by atoms with Gasteiger partial charge in [-0.3, -0.25) is 4.79 Å². The summed E-state index contributed by atoms with van der Waals surface area (Å²) in [4.78, 5) is 18.5. The molecule has 60 valence electrons. The number of aldehydes is 1. The van der Waals surface area contributed by atoms with Crippen LogP contribution in [0.4, 0.5) is 0 Å². The Morgan fingerprint density at radius 3 is 3.08 bits per heavy atom. The molecule has 0 atom stereocenters. The largest absolute Gasteiger partial charge is 0.318 e. The maximum Gasteiger partial charge on any atom is 0.159 e. The highest BCUT2D eigenvalue weighted by Crippen LogP contribution is 2.08. The molecule has 0 bridgehead atoms. The van der Waals surface area contributed by atoms with E-state index in [1.54, 1.807) is 12.4 Å². The first-order chi connectivity index (χ1) is 5.81. The SMILES string of the molecule is Cn1cnc2cc(C=O)cnc21. The van der Waals surface area contributed by atoms with E-state index in [2.05, 4.69) is 9.97 Å². The van der Waals surface area contributed by atoms with Crippen molar-refractivity contribution in [3.8, 4) is 0 Å². The van der Waals surface area contributed by atoms with Crippen LogP contribution in [0.2, 0.25) is 0 Å². The number of aryl methyl sites for hydroxylation is 1. The Balaban J connectivity index is 2.77. The van der Waals surface area contributed by atoms with Crippen LogP contribution in [0.1, 0.15) is 10.4 Å². The van der Waals surface area contributed by atoms with E-state index in [0.29, 0.717) is 5.56 Å². The lowest BCUT2D eigenvalue weighted by Gasteiger charge is -1.92. The summed E-state index contributed by atoms with van der Waals surface area (Å²) in [5.41, 5.74) is 2.10. The van der Waals surface area contributed by atoms with Gasteiger partial charge in [0.25, 0.3) is 0 Å². The minimum atomic E-state index is 0.557. The standard InChI is InChI=1S/C8H7N3O/c1-11-5-10-7-2-6(4-12)3-9-8(7)11/h2-5H,1H3. The average Bonchev–Trinajstić information content (AvgIpc) is 2.47. The number of carbonyl (C=O) groups excluding carboxylic acids is 1. The van der Waals surface area contributed by atoms with Crippen molar-refractivity contribution in [1.29, 1.82) is 0 Å². The van der Waals surface area contributed by atoms with Gasteiger partial charge in [-0.2, -0.15) is 0 Å². The molecule has 0 aliphatic rings. The molecule has 2 heterocycles. The number of imidazole rings is 1. The number of hydrogen-bond acceptors (Lipinski definition) is 3. The Kier molecular flexibility index (Phi) is 1.40. The Bertz CT molecular complexity index is 433. The number of fused-ring (bicyclic) bond motifs is 1. The van der Waals surface area contributed by atoms with Crippen molar-refractivity contribution >= 4 is 17.5 Å². The number of pyridine rings is 1. The monoisotopic (exact) mass is 161 g/mol. The molecule has 0 N–H and O–H groups in total. The van der Waals surface area contributed by atoms with E-state index >= 15 is 0 Å². The highest BCUT2D eigenvalue weighted by Gasteiger charge is 2.00. The van der Waals surface area contributed by atoms with E-state index in [0.717, 1.165) is 17.5 Å². The maximum absolute atomic E-state index is 10.4. The zero-order chi connectivity index (χ0) is 8.55. The Hall–Kier alpha value is -1.71. The zero-order valence-electron chi connectivity index (χ0n) is 6.56. The van der Waals surface area contributed by atoms with Gasteiger partial charge in [0.2, 0.25) is 0 Å². The minimum Gasteiger partial charge on any atom is -0.318 e. The molecule has 0 unspecified atom stereocenters. The van der Waals surface area contributed by atoms with Crippen LogP contribution in [-0.2, 0) is 7.05 Å². The smallest absolute Gasteiger partial charge is 0.159 e. The van der Waals surface area contributed by atoms with Crippen LogP contribution in [0.15, 0.2) is 18.6 Å². The molecule has 2 aromatic heterocycles. The summed E-state index contributed by atoms with van der Waals surface area (Å²) in [5.74, 6) is 0. The van der Waals surface area contributed by atoms with Crippen LogP contribution in [0, 0.1) is 0 Å². The van der Waals surface area contributed by atoms with Crippen LogP contribution in [0.3, 0.4) is 0 Å².